The second kappa shape index (κ2) is 45.0. The molecule has 73 heavy (non-hydrogen) atoms. The van der Waals surface area contributed by atoms with Gasteiger partial charge in [-0.25, -0.2) is 0 Å². The van der Waals surface area contributed by atoms with Crippen LogP contribution >= 0.6 is 0 Å². The minimum atomic E-state index is -1.18. The Bertz CT molecular complexity index is 1500. The van der Waals surface area contributed by atoms with Gasteiger partial charge in [0.2, 0.25) is 0 Å². The topological polar surface area (TPSA) is 199 Å². The zero-order valence-electron chi connectivity index (χ0n) is 46.1. The second-order valence-electron chi connectivity index (χ2n) is 19.4. The number of carboxylic acids is 1. The molecule has 0 saturated carbocycles. The highest BCUT2D eigenvalue weighted by atomic mass is 16.6. The van der Waals surface area contributed by atoms with Crippen LogP contribution in [0.1, 0.15) is 142 Å². The van der Waals surface area contributed by atoms with Crippen molar-refractivity contribution in [3.63, 3.8) is 0 Å². The molecule has 1 N–H and O–H groups in total. The highest BCUT2D eigenvalue weighted by Gasteiger charge is 2.44. The van der Waals surface area contributed by atoms with E-state index in [4.69, 9.17) is 56.8 Å². The summed E-state index contributed by atoms with van der Waals surface area (Å²) >= 11 is 0. The number of carboxylic acid groups (broad SMARTS) is 1. The van der Waals surface area contributed by atoms with E-state index in [1.165, 1.54) is 45.6 Å². The van der Waals surface area contributed by atoms with Gasteiger partial charge in [-0.05, 0) is 70.8 Å². The summed E-state index contributed by atoms with van der Waals surface area (Å²) in [5.74, 6) is -4.84. The van der Waals surface area contributed by atoms with E-state index in [1.54, 1.807) is 27.9 Å². The number of carbonyl (C=O) groups excluding carboxylic acids is 3. The van der Waals surface area contributed by atoms with Crippen LogP contribution in [0.4, 0.5) is 0 Å². The van der Waals surface area contributed by atoms with Crippen molar-refractivity contribution in [3.8, 4) is 0 Å². The summed E-state index contributed by atoms with van der Waals surface area (Å²) in [5.41, 5.74) is -1.30. The standard InChI is InChI=1S/C56H98O17/c1-8-10-11-12-13-14-15-16-17-21-24-72-52(59)50(43-49(51(57)58)46-56(5,54(61)63-7)45-47(9-2)48-22-19-18-20-23-48)44-55(3,4)53(60)73-42-41-71-40-39-70-38-37-69-36-35-68-34-33-67-32-31-66-30-29-65-28-27-64-26-25-62-6/h18-20,22-23,47,49-50H,8-17,21,24-46H2,1-7H3,(H,57,58). The summed E-state index contributed by atoms with van der Waals surface area (Å²) in [4.78, 5) is 53.9. The van der Waals surface area contributed by atoms with Crippen molar-refractivity contribution in [2.75, 3.05) is 140 Å². The van der Waals surface area contributed by atoms with Crippen LogP contribution < -0.4 is 0 Å². The van der Waals surface area contributed by atoms with E-state index < -0.39 is 46.5 Å². The Morgan fingerprint density at radius 2 is 0.904 bits per heavy atom. The number of ether oxygens (including phenoxy) is 12. The molecule has 1 aromatic rings. The first-order valence-corrected chi connectivity index (χ1v) is 27.2. The van der Waals surface area contributed by atoms with Crippen molar-refractivity contribution in [2.45, 2.75) is 137 Å². The predicted octanol–water partition coefficient (Wildman–Crippen LogP) is 9.05. The van der Waals surface area contributed by atoms with Crippen LogP contribution in [0.5, 0.6) is 0 Å². The van der Waals surface area contributed by atoms with Crippen molar-refractivity contribution in [1.29, 1.82) is 0 Å². The molecule has 0 saturated heterocycles. The minimum Gasteiger partial charge on any atom is -0.481 e. The molecule has 17 nitrogen and oxygen atoms in total. The molecule has 0 amide bonds. The molecule has 4 unspecified atom stereocenters. The lowest BCUT2D eigenvalue weighted by Gasteiger charge is -2.34. The average molecular weight is 1040 g/mol. The number of benzene rings is 1. The number of esters is 3. The maximum atomic E-state index is 13.9. The fourth-order valence-corrected chi connectivity index (χ4v) is 8.44. The third kappa shape index (κ3) is 34.8. The molecule has 0 radical (unpaired) electrons. The SMILES string of the molecule is CCCCCCCCCCCCOC(=O)C(CC(CC(C)(CC(CC)c1ccccc1)C(=O)OC)C(=O)O)CC(C)(C)C(=O)OCCOCCOCCOCCOCCOCCOCCOCCOCCOC. The average Bonchev–Trinajstić information content (AvgIpc) is 3.38. The molecule has 0 fully saturated rings. The number of methoxy groups -OCH3 is 2. The summed E-state index contributed by atoms with van der Waals surface area (Å²) in [7, 11) is 2.94. The molecule has 0 aromatic heterocycles. The lowest BCUT2D eigenvalue weighted by Crippen LogP contribution is -2.38. The van der Waals surface area contributed by atoms with Crippen LogP contribution in [0.15, 0.2) is 30.3 Å². The molecule has 1 aromatic carbocycles. The quantitative estimate of drug-likeness (QED) is 0.0368. The van der Waals surface area contributed by atoms with Gasteiger partial charge in [-0.1, -0.05) is 102 Å². The Morgan fingerprint density at radius 3 is 1.32 bits per heavy atom. The van der Waals surface area contributed by atoms with Gasteiger partial charge in [-0.3, -0.25) is 19.2 Å². The Kier molecular flexibility index (Phi) is 41.7. The molecule has 0 aliphatic heterocycles. The zero-order chi connectivity index (χ0) is 53.7. The van der Waals surface area contributed by atoms with Crippen molar-refractivity contribution in [1.82, 2.24) is 0 Å². The molecule has 4 atom stereocenters. The first-order chi connectivity index (χ1) is 35.3. The van der Waals surface area contributed by atoms with E-state index in [0.717, 1.165) is 31.2 Å². The number of rotatable bonds is 52. The molecule has 1 rings (SSSR count). The maximum Gasteiger partial charge on any atom is 0.311 e. The Hall–Kier alpha value is -3.26. The second-order valence-corrected chi connectivity index (χ2v) is 19.4. The molecule has 0 heterocycles. The van der Waals surface area contributed by atoms with Crippen LogP contribution in [0, 0.1) is 22.7 Å². The maximum absolute atomic E-state index is 13.9. The van der Waals surface area contributed by atoms with Crippen LogP contribution in [-0.4, -0.2) is 169 Å². The first kappa shape index (κ1) is 67.8. The molecule has 424 valence electrons. The van der Waals surface area contributed by atoms with E-state index in [-0.39, 0.29) is 51.6 Å². The molecular formula is C56H98O17. The number of hydrogen-bond acceptors (Lipinski definition) is 16. The third-order valence-corrected chi connectivity index (χ3v) is 12.6. The van der Waals surface area contributed by atoms with Crippen LogP contribution in [-0.2, 0) is 76.0 Å². The zero-order valence-corrected chi connectivity index (χ0v) is 46.1. The van der Waals surface area contributed by atoms with Crippen molar-refractivity contribution in [3.05, 3.63) is 35.9 Å². The molecule has 0 aliphatic rings. The van der Waals surface area contributed by atoms with Crippen LogP contribution in [0.2, 0.25) is 0 Å². The highest BCUT2D eigenvalue weighted by molar-refractivity contribution is 5.80. The lowest BCUT2D eigenvalue weighted by molar-refractivity contribution is -0.160. The van der Waals surface area contributed by atoms with Gasteiger partial charge in [-0.2, -0.15) is 0 Å². The van der Waals surface area contributed by atoms with Gasteiger partial charge in [0, 0.05) is 7.11 Å². The molecule has 0 spiro atoms. The number of carbonyl (C=O) groups is 4. The summed E-state index contributed by atoms with van der Waals surface area (Å²) in [6, 6.07) is 9.82. The smallest absolute Gasteiger partial charge is 0.311 e. The van der Waals surface area contributed by atoms with Gasteiger partial charge >= 0.3 is 23.9 Å². The van der Waals surface area contributed by atoms with Crippen molar-refractivity contribution in [2.24, 2.45) is 22.7 Å². The highest BCUT2D eigenvalue weighted by Crippen LogP contribution is 2.42. The number of hydrogen-bond donors (Lipinski definition) is 1. The van der Waals surface area contributed by atoms with Gasteiger partial charge in [0.15, 0.2) is 0 Å². The van der Waals surface area contributed by atoms with E-state index in [1.807, 2.05) is 37.3 Å². The largest absolute Gasteiger partial charge is 0.481 e. The molecular weight excluding hydrogens is 945 g/mol. The van der Waals surface area contributed by atoms with Gasteiger partial charge in [0.25, 0.3) is 0 Å². The van der Waals surface area contributed by atoms with Gasteiger partial charge in [0.1, 0.15) is 6.61 Å². The Balaban J connectivity index is 2.55. The number of unbranched alkanes of at least 4 members (excludes halogenated alkanes) is 9. The minimum absolute atomic E-state index is 0.0121. The monoisotopic (exact) mass is 1040 g/mol. The summed E-state index contributed by atoms with van der Waals surface area (Å²) < 4.78 is 65.6. The molecule has 0 bridgehead atoms. The summed E-state index contributed by atoms with van der Waals surface area (Å²) in [6.07, 6.45) is 12.2. The van der Waals surface area contributed by atoms with E-state index >= 15 is 0 Å². The number of aliphatic carboxylic acids is 1. The lowest BCUT2D eigenvalue weighted by atomic mass is 9.70. The fourth-order valence-electron chi connectivity index (χ4n) is 8.44. The van der Waals surface area contributed by atoms with Gasteiger partial charge < -0.3 is 61.9 Å². The fraction of sp³-hybridized carbons (Fsp3) is 0.821. The first-order valence-electron chi connectivity index (χ1n) is 27.2. The van der Waals surface area contributed by atoms with Crippen LogP contribution in [0.25, 0.3) is 0 Å². The van der Waals surface area contributed by atoms with Crippen LogP contribution in [0.3, 0.4) is 0 Å². The third-order valence-electron chi connectivity index (χ3n) is 12.6. The molecule has 17 heteroatoms. The Morgan fingerprint density at radius 1 is 0.479 bits per heavy atom. The normalized spacial score (nSPS) is 13.8. The summed E-state index contributed by atoms with van der Waals surface area (Å²) in [6.45, 7) is 16.9. The molecule has 0 aliphatic carbocycles. The van der Waals surface area contributed by atoms with E-state index in [0.29, 0.717) is 112 Å². The Labute approximate surface area is 438 Å². The van der Waals surface area contributed by atoms with Gasteiger partial charge in [0.05, 0.1) is 149 Å². The van der Waals surface area contributed by atoms with E-state index in [9.17, 15) is 24.3 Å². The van der Waals surface area contributed by atoms with Gasteiger partial charge in [-0.15, -0.1) is 0 Å². The van der Waals surface area contributed by atoms with E-state index in [2.05, 4.69) is 6.92 Å². The van der Waals surface area contributed by atoms with Crippen molar-refractivity contribution >= 4 is 23.9 Å². The summed E-state index contributed by atoms with van der Waals surface area (Å²) in [5, 5.41) is 10.6. The predicted molar refractivity (Wildman–Crippen MR) is 279 cm³/mol. The van der Waals surface area contributed by atoms with Crippen molar-refractivity contribution < 1.29 is 81.1 Å².